The predicted molar refractivity (Wildman–Crippen MR) is 155 cm³/mol. The van der Waals surface area contributed by atoms with Gasteiger partial charge in [0.25, 0.3) is 0 Å². The van der Waals surface area contributed by atoms with Crippen LogP contribution in [0.5, 0.6) is 0 Å². The van der Waals surface area contributed by atoms with Gasteiger partial charge < -0.3 is 4.90 Å². The van der Waals surface area contributed by atoms with Crippen LogP contribution in [-0.4, -0.2) is 0 Å². The Morgan fingerprint density at radius 1 is 0.583 bits per heavy atom. The second-order valence-corrected chi connectivity index (χ2v) is 14.3. The van der Waals surface area contributed by atoms with Crippen LogP contribution in [0.2, 0.25) is 5.02 Å². The van der Waals surface area contributed by atoms with Crippen molar-refractivity contribution in [3.05, 3.63) is 87.4 Å². The lowest BCUT2D eigenvalue weighted by atomic mass is 9.63. The Hall–Kier alpha value is -2.25. The molecule has 3 aromatic rings. The van der Waals surface area contributed by atoms with Crippen LogP contribution in [0.4, 0.5) is 17.1 Å². The van der Waals surface area contributed by atoms with Gasteiger partial charge >= 0.3 is 0 Å². The Balaban J connectivity index is 1.56. The molecule has 0 N–H and O–H groups in total. The van der Waals surface area contributed by atoms with Crippen molar-refractivity contribution in [2.24, 2.45) is 0 Å². The van der Waals surface area contributed by atoms with Gasteiger partial charge in [-0.3, -0.25) is 0 Å². The molecule has 0 saturated heterocycles. The molecule has 2 heteroatoms. The molecule has 188 valence electrons. The molecule has 0 radical (unpaired) electrons. The van der Waals surface area contributed by atoms with Crippen LogP contribution in [0.15, 0.2) is 54.6 Å². The highest BCUT2D eigenvalue weighted by atomic mass is 35.5. The highest BCUT2D eigenvalue weighted by Gasteiger charge is 2.52. The summed E-state index contributed by atoms with van der Waals surface area (Å²) >= 11 is 6.63. The first kappa shape index (κ1) is 24.1. The van der Waals surface area contributed by atoms with E-state index < -0.39 is 0 Å². The average molecular weight is 498 g/mol. The van der Waals surface area contributed by atoms with E-state index in [1.807, 2.05) is 6.07 Å². The Kier molecular flexibility index (Phi) is 5.11. The normalized spacial score (nSPS) is 27.0. The fourth-order valence-electron chi connectivity index (χ4n) is 7.76. The molecule has 3 aliphatic rings. The highest BCUT2D eigenvalue weighted by Crippen LogP contribution is 2.61. The first-order valence-electron chi connectivity index (χ1n) is 13.7. The smallest absolute Gasteiger partial charge is 0.0479 e. The zero-order valence-corrected chi connectivity index (χ0v) is 23.8. The highest BCUT2D eigenvalue weighted by molar-refractivity contribution is 6.31. The van der Waals surface area contributed by atoms with Gasteiger partial charge in [-0.2, -0.15) is 0 Å². The Morgan fingerprint density at radius 3 is 1.78 bits per heavy atom. The van der Waals surface area contributed by atoms with Gasteiger partial charge in [0.1, 0.15) is 0 Å². The number of halogens is 1. The lowest BCUT2D eigenvalue weighted by Crippen LogP contribution is -2.34. The van der Waals surface area contributed by atoms with E-state index >= 15 is 0 Å². The molecule has 2 atom stereocenters. The summed E-state index contributed by atoms with van der Waals surface area (Å²) in [4.78, 5) is 2.44. The van der Waals surface area contributed by atoms with Crippen LogP contribution in [0.3, 0.4) is 0 Å². The van der Waals surface area contributed by atoms with E-state index in [1.54, 1.807) is 11.1 Å². The monoisotopic (exact) mass is 497 g/mol. The molecule has 0 aliphatic heterocycles. The first-order valence-corrected chi connectivity index (χ1v) is 14.1. The van der Waals surface area contributed by atoms with Crippen molar-refractivity contribution >= 4 is 28.7 Å². The van der Waals surface area contributed by atoms with Crippen LogP contribution >= 0.6 is 11.6 Å². The quantitative estimate of drug-likeness (QED) is 0.347. The first-order chi connectivity index (χ1) is 16.8. The van der Waals surface area contributed by atoms with E-state index in [1.165, 1.54) is 60.2 Å². The molecular formula is C34H40ClN. The van der Waals surface area contributed by atoms with Crippen LogP contribution in [0.1, 0.15) is 101 Å². The number of aryl methyl sites for hydroxylation is 1. The zero-order valence-electron chi connectivity index (χ0n) is 23.1. The van der Waals surface area contributed by atoms with E-state index in [2.05, 4.69) is 102 Å². The summed E-state index contributed by atoms with van der Waals surface area (Å²) in [6.07, 6.45) is 6.31. The van der Waals surface area contributed by atoms with Crippen molar-refractivity contribution in [2.45, 2.75) is 102 Å². The molecule has 36 heavy (non-hydrogen) atoms. The lowest BCUT2D eigenvalue weighted by Gasteiger charge is -2.42. The number of rotatable bonds is 3. The van der Waals surface area contributed by atoms with E-state index in [0.717, 1.165) is 10.7 Å². The fraction of sp³-hybridized carbons (Fsp3) is 0.471. The van der Waals surface area contributed by atoms with Gasteiger partial charge in [0.2, 0.25) is 0 Å². The minimum Gasteiger partial charge on any atom is -0.310 e. The summed E-state index contributed by atoms with van der Waals surface area (Å²) in [6, 6.07) is 20.9. The van der Waals surface area contributed by atoms with Crippen LogP contribution < -0.4 is 4.90 Å². The van der Waals surface area contributed by atoms with Crippen LogP contribution in [-0.2, 0) is 21.7 Å². The molecule has 0 amide bonds. The van der Waals surface area contributed by atoms with E-state index in [0.29, 0.717) is 5.41 Å². The molecule has 3 aliphatic carbocycles. The number of hydrogen-bond acceptors (Lipinski definition) is 1. The average Bonchev–Trinajstić information content (AvgIpc) is 3.24. The molecule has 1 saturated carbocycles. The molecule has 2 bridgehead atoms. The van der Waals surface area contributed by atoms with E-state index in [9.17, 15) is 0 Å². The maximum absolute atomic E-state index is 6.63. The molecule has 2 unspecified atom stereocenters. The number of benzene rings is 3. The molecule has 1 fully saturated rings. The van der Waals surface area contributed by atoms with Gasteiger partial charge in [-0.25, -0.2) is 0 Å². The van der Waals surface area contributed by atoms with Gasteiger partial charge in [-0.15, -0.1) is 0 Å². The molecule has 0 spiro atoms. The second kappa shape index (κ2) is 7.64. The second-order valence-electron chi connectivity index (χ2n) is 13.8. The van der Waals surface area contributed by atoms with Crippen molar-refractivity contribution < 1.29 is 0 Å². The minimum atomic E-state index is 0.163. The third kappa shape index (κ3) is 3.57. The van der Waals surface area contributed by atoms with Crippen molar-refractivity contribution in [2.75, 3.05) is 4.90 Å². The molecule has 6 rings (SSSR count). The maximum Gasteiger partial charge on any atom is 0.0479 e. The Morgan fingerprint density at radius 2 is 1.14 bits per heavy atom. The van der Waals surface area contributed by atoms with Crippen LogP contribution in [0.25, 0.3) is 0 Å². The van der Waals surface area contributed by atoms with E-state index in [4.69, 9.17) is 11.6 Å². The van der Waals surface area contributed by atoms with Gasteiger partial charge in [0.05, 0.1) is 0 Å². The molecule has 1 nitrogen and oxygen atoms in total. The Labute approximate surface area is 222 Å². The van der Waals surface area contributed by atoms with Crippen molar-refractivity contribution in [1.29, 1.82) is 0 Å². The number of fused-ring (bicyclic) bond motifs is 6. The summed E-state index contributed by atoms with van der Waals surface area (Å²) in [7, 11) is 0. The number of anilines is 3. The van der Waals surface area contributed by atoms with Crippen molar-refractivity contribution in [3.63, 3.8) is 0 Å². The van der Waals surface area contributed by atoms with E-state index in [-0.39, 0.29) is 16.2 Å². The van der Waals surface area contributed by atoms with Crippen molar-refractivity contribution in [1.82, 2.24) is 0 Å². The zero-order chi connectivity index (χ0) is 25.7. The summed E-state index contributed by atoms with van der Waals surface area (Å²) in [5.74, 6) is 0. The third-order valence-corrected chi connectivity index (χ3v) is 10.2. The van der Waals surface area contributed by atoms with Crippen LogP contribution in [0, 0.1) is 6.92 Å². The Bertz CT molecular complexity index is 1360. The van der Waals surface area contributed by atoms with Crippen molar-refractivity contribution in [3.8, 4) is 0 Å². The third-order valence-electron chi connectivity index (χ3n) is 9.95. The number of nitrogens with zero attached hydrogens (tertiary/aromatic N) is 1. The summed E-state index contributed by atoms with van der Waals surface area (Å²) in [5.41, 5.74) is 11.9. The minimum absolute atomic E-state index is 0.163. The summed E-state index contributed by atoms with van der Waals surface area (Å²) in [5, 5.41) is 0.786. The largest absolute Gasteiger partial charge is 0.310 e. The maximum atomic E-state index is 6.63. The summed E-state index contributed by atoms with van der Waals surface area (Å²) in [6.45, 7) is 16.7. The van der Waals surface area contributed by atoms with Gasteiger partial charge in [-0.05, 0) is 131 Å². The number of hydrogen-bond donors (Lipinski definition) is 0. The standard InChI is InChI=1S/C34H40ClN/c1-22-16-23(35)18-26(17-22)36(24-8-10-27-29(19-24)32(4,5)13-12-31(27,2)3)25-9-11-28-30(20-25)34(7)15-14-33(28,6)21-34/h8-11,16-20H,12-15,21H2,1-7H3. The molecule has 3 aromatic carbocycles. The molecular weight excluding hydrogens is 458 g/mol. The van der Waals surface area contributed by atoms with Gasteiger partial charge in [-0.1, -0.05) is 65.3 Å². The van der Waals surface area contributed by atoms with Gasteiger partial charge in [0.15, 0.2) is 0 Å². The molecule has 0 heterocycles. The SMILES string of the molecule is Cc1cc(Cl)cc(N(c2ccc3c(c2)C(C)(C)CCC3(C)C)c2ccc3c(c2)C2(C)CCC3(C)C2)c1. The predicted octanol–water partition coefficient (Wildman–Crippen LogP) is 10.2. The van der Waals surface area contributed by atoms with Gasteiger partial charge in [0, 0.05) is 22.1 Å². The fourth-order valence-corrected chi connectivity index (χ4v) is 8.04. The topological polar surface area (TPSA) is 3.24 Å². The molecule has 0 aromatic heterocycles. The summed E-state index contributed by atoms with van der Waals surface area (Å²) < 4.78 is 0. The lowest BCUT2D eigenvalue weighted by molar-refractivity contribution is 0.332.